The van der Waals surface area contributed by atoms with Crippen molar-refractivity contribution >= 4 is 16.1 Å². The Bertz CT molecular complexity index is 1200. The molecular formula is C32H48N2O8S. The molecule has 10 nitrogen and oxygen atoms in total. The Morgan fingerprint density at radius 1 is 1.05 bits per heavy atom. The van der Waals surface area contributed by atoms with Gasteiger partial charge in [-0.05, 0) is 105 Å². The number of carbonyl (C=O) groups is 1. The Labute approximate surface area is 255 Å². The second-order valence-corrected chi connectivity index (χ2v) is 15.9. The number of fused-ring (bicyclic) bond motifs is 1. The predicted molar refractivity (Wildman–Crippen MR) is 159 cm³/mol. The highest BCUT2D eigenvalue weighted by atomic mass is 32.2. The fourth-order valence-electron chi connectivity index (χ4n) is 8.81. The van der Waals surface area contributed by atoms with Crippen LogP contribution in [0.5, 0.6) is 5.75 Å². The number of methoxy groups -OCH3 is 1. The molecule has 11 heteroatoms. The first-order valence-electron chi connectivity index (χ1n) is 16.1. The quantitative estimate of drug-likeness (QED) is 0.359. The maximum absolute atomic E-state index is 13.8. The summed E-state index contributed by atoms with van der Waals surface area (Å²) in [6, 6.07) is 5.65. The molecule has 43 heavy (non-hydrogen) atoms. The smallest absolute Gasteiger partial charge is 0.407 e. The number of aliphatic hydroxyl groups excluding tert-OH is 1. The maximum Gasteiger partial charge on any atom is 0.407 e. The largest absolute Gasteiger partial charge is 0.497 e. The average Bonchev–Trinajstić information content (AvgIpc) is 3.58. The first-order valence-corrected chi connectivity index (χ1v) is 17.6. The lowest BCUT2D eigenvalue weighted by Crippen LogP contribution is -2.54. The van der Waals surface area contributed by atoms with Gasteiger partial charge >= 0.3 is 6.09 Å². The Morgan fingerprint density at radius 2 is 1.72 bits per heavy atom. The van der Waals surface area contributed by atoms with Crippen LogP contribution in [0.15, 0.2) is 29.2 Å². The number of benzene rings is 1. The zero-order chi connectivity index (χ0) is 30.3. The highest BCUT2D eigenvalue weighted by molar-refractivity contribution is 7.89. The summed E-state index contributed by atoms with van der Waals surface area (Å²) in [6.45, 7) is 4.88. The molecule has 1 aromatic rings. The topological polar surface area (TPSA) is 124 Å². The number of carbonyl (C=O) groups excluding carboxylic acids is 1. The van der Waals surface area contributed by atoms with Crippen molar-refractivity contribution in [2.75, 3.05) is 33.4 Å². The van der Waals surface area contributed by atoms with Crippen LogP contribution in [0.3, 0.4) is 0 Å². The van der Waals surface area contributed by atoms with Crippen molar-refractivity contribution < 1.29 is 37.3 Å². The molecule has 4 saturated carbocycles. The van der Waals surface area contributed by atoms with Crippen molar-refractivity contribution in [2.24, 2.45) is 41.4 Å². The average molecular weight is 621 g/mol. The van der Waals surface area contributed by atoms with E-state index in [1.165, 1.54) is 55.7 Å². The highest BCUT2D eigenvalue weighted by Gasteiger charge is 2.49. The Hall–Kier alpha value is -1.92. The summed E-state index contributed by atoms with van der Waals surface area (Å²) in [4.78, 5) is 13.4. The van der Waals surface area contributed by atoms with E-state index in [2.05, 4.69) is 5.32 Å². The predicted octanol–water partition coefficient (Wildman–Crippen LogP) is 4.02. The molecule has 7 rings (SSSR count). The van der Waals surface area contributed by atoms with Crippen LogP contribution in [0, 0.1) is 41.4 Å². The second kappa shape index (κ2) is 12.8. The highest BCUT2D eigenvalue weighted by Crippen LogP contribution is 2.57. The van der Waals surface area contributed by atoms with Crippen molar-refractivity contribution in [3.8, 4) is 5.75 Å². The maximum atomic E-state index is 13.8. The van der Waals surface area contributed by atoms with Gasteiger partial charge < -0.3 is 29.4 Å². The van der Waals surface area contributed by atoms with Crippen molar-refractivity contribution in [3.63, 3.8) is 0 Å². The van der Waals surface area contributed by atoms with Crippen LogP contribution in [-0.2, 0) is 24.2 Å². The Kier molecular flexibility index (Phi) is 9.27. The van der Waals surface area contributed by atoms with Crippen LogP contribution in [0.1, 0.15) is 58.8 Å². The van der Waals surface area contributed by atoms with Gasteiger partial charge in [0.1, 0.15) is 11.9 Å². The third kappa shape index (κ3) is 6.71. The fourth-order valence-corrected chi connectivity index (χ4v) is 10.4. The standard InChI is InChI=1S/C32H48N2O8S/c1-19(2)16-34(43(37,38)25-6-4-24(39-3)5-7-25)17-29(35)28(15-27-22-11-20-10-21(13-22)14-23(27)12-20)33-32(36)42-30-18-41-31-26(30)8-9-40-31/h4-7,19-23,26-31,35H,8-18H2,1-3H3,(H,33,36)/t20?,21?,22?,23?,26-,27?,28+,29-,30-,31+/m1/s1. The van der Waals surface area contributed by atoms with Gasteiger partial charge in [0.25, 0.3) is 0 Å². The lowest BCUT2D eigenvalue weighted by atomic mass is 9.51. The summed E-state index contributed by atoms with van der Waals surface area (Å²) in [6.07, 6.45) is 5.17. The molecule has 240 valence electrons. The number of amides is 1. The van der Waals surface area contributed by atoms with E-state index in [9.17, 15) is 18.3 Å². The summed E-state index contributed by atoms with van der Waals surface area (Å²) in [7, 11) is -2.38. The van der Waals surface area contributed by atoms with Crippen LogP contribution in [0.25, 0.3) is 0 Å². The molecule has 0 spiro atoms. The third-order valence-corrected chi connectivity index (χ3v) is 12.5. The molecule has 2 N–H and O–H groups in total. The summed E-state index contributed by atoms with van der Waals surface area (Å²) < 4.78 is 51.2. The molecule has 0 aromatic heterocycles. The van der Waals surface area contributed by atoms with Gasteiger partial charge in [-0.15, -0.1) is 0 Å². The van der Waals surface area contributed by atoms with E-state index in [4.69, 9.17) is 18.9 Å². The minimum atomic E-state index is -3.91. The Morgan fingerprint density at radius 3 is 2.35 bits per heavy atom. The number of sulfonamides is 1. The number of rotatable bonds is 12. The van der Waals surface area contributed by atoms with Gasteiger partial charge in [-0.25, -0.2) is 13.2 Å². The van der Waals surface area contributed by atoms with Gasteiger partial charge in [-0.2, -0.15) is 4.31 Å². The number of hydrogen-bond donors (Lipinski definition) is 2. The first kappa shape index (κ1) is 31.1. The molecule has 2 aliphatic heterocycles. The zero-order valence-corrected chi connectivity index (χ0v) is 26.4. The SMILES string of the molecule is COc1ccc(S(=O)(=O)N(CC(C)C)C[C@@H](O)[C@H](CC2C3CC4CC(C3)CC2C4)NC(=O)O[C@@H]2CO[C@@H]3OCC[C@@H]32)cc1. The molecule has 1 amide bonds. The molecule has 6 fully saturated rings. The van der Waals surface area contributed by atoms with Gasteiger partial charge in [-0.1, -0.05) is 13.8 Å². The van der Waals surface area contributed by atoms with Gasteiger partial charge in [0, 0.05) is 13.1 Å². The number of aliphatic hydroxyl groups is 1. The van der Waals surface area contributed by atoms with E-state index in [1.807, 2.05) is 13.8 Å². The number of nitrogens with zero attached hydrogens (tertiary/aromatic N) is 1. The molecule has 5 atom stereocenters. The van der Waals surface area contributed by atoms with Gasteiger partial charge in [-0.3, -0.25) is 0 Å². The van der Waals surface area contributed by atoms with E-state index >= 15 is 0 Å². The van der Waals surface area contributed by atoms with Crippen LogP contribution in [0.4, 0.5) is 4.79 Å². The van der Waals surface area contributed by atoms with Gasteiger partial charge in [0.2, 0.25) is 10.0 Å². The Balaban J connectivity index is 1.20. The fraction of sp³-hybridized carbons (Fsp3) is 0.781. The minimum Gasteiger partial charge on any atom is -0.497 e. The first-order chi connectivity index (χ1) is 20.6. The molecule has 0 radical (unpaired) electrons. The van der Waals surface area contributed by atoms with E-state index in [-0.39, 0.29) is 42.7 Å². The number of ether oxygens (including phenoxy) is 4. The van der Waals surface area contributed by atoms with Crippen LogP contribution in [-0.4, -0.2) is 81.9 Å². The lowest BCUT2D eigenvalue weighted by molar-refractivity contribution is -0.0907. The van der Waals surface area contributed by atoms with E-state index in [0.29, 0.717) is 36.5 Å². The molecular weight excluding hydrogens is 572 g/mol. The van der Waals surface area contributed by atoms with Crippen LogP contribution in [0.2, 0.25) is 0 Å². The van der Waals surface area contributed by atoms with Crippen molar-refractivity contribution in [1.29, 1.82) is 0 Å². The monoisotopic (exact) mass is 620 g/mol. The van der Waals surface area contributed by atoms with Gasteiger partial charge in [0.15, 0.2) is 6.29 Å². The molecule has 2 heterocycles. The molecule has 4 bridgehead atoms. The summed E-state index contributed by atoms with van der Waals surface area (Å²) in [5.74, 6) is 3.80. The molecule has 1 aromatic carbocycles. The summed E-state index contributed by atoms with van der Waals surface area (Å²) in [5.41, 5.74) is 0. The molecule has 4 aliphatic carbocycles. The summed E-state index contributed by atoms with van der Waals surface area (Å²) in [5, 5.41) is 14.8. The van der Waals surface area contributed by atoms with Crippen LogP contribution >= 0.6 is 0 Å². The zero-order valence-electron chi connectivity index (χ0n) is 25.6. The van der Waals surface area contributed by atoms with E-state index < -0.39 is 34.4 Å². The van der Waals surface area contributed by atoms with Crippen molar-refractivity contribution in [2.45, 2.75) is 88.2 Å². The molecule has 6 aliphatic rings. The van der Waals surface area contributed by atoms with E-state index in [0.717, 1.165) is 18.3 Å². The lowest BCUT2D eigenvalue weighted by Gasteiger charge is -2.55. The normalized spacial score (nSPS) is 34.4. The number of nitrogens with one attached hydrogen (secondary N) is 1. The summed E-state index contributed by atoms with van der Waals surface area (Å²) >= 11 is 0. The van der Waals surface area contributed by atoms with E-state index in [1.54, 1.807) is 12.1 Å². The minimum absolute atomic E-state index is 0.00900. The van der Waals surface area contributed by atoms with Crippen molar-refractivity contribution in [1.82, 2.24) is 9.62 Å². The third-order valence-electron chi connectivity index (χ3n) is 10.6. The van der Waals surface area contributed by atoms with Crippen LogP contribution < -0.4 is 10.1 Å². The van der Waals surface area contributed by atoms with Crippen molar-refractivity contribution in [3.05, 3.63) is 24.3 Å². The molecule has 0 unspecified atom stereocenters. The number of alkyl carbamates (subject to hydrolysis) is 1. The van der Waals surface area contributed by atoms with Gasteiger partial charge in [0.05, 0.1) is 43.3 Å². The molecule has 2 saturated heterocycles. The second-order valence-electron chi connectivity index (χ2n) is 14.0. The number of hydrogen-bond acceptors (Lipinski definition) is 8.